The molecule has 3 atom stereocenters. The molecule has 1 fully saturated rings. The molecule has 0 spiro atoms. The van der Waals surface area contributed by atoms with Gasteiger partial charge in [0.25, 0.3) is 0 Å². The van der Waals surface area contributed by atoms with Crippen LogP contribution >= 0.6 is 11.6 Å². The number of fused-ring (bicyclic) bond motifs is 3. The van der Waals surface area contributed by atoms with Crippen LogP contribution in [-0.2, 0) is 13.0 Å². The van der Waals surface area contributed by atoms with E-state index in [0.29, 0.717) is 31.1 Å². The molecule has 1 aromatic carbocycles. The van der Waals surface area contributed by atoms with Gasteiger partial charge in [-0.25, -0.2) is 0 Å². The lowest BCUT2D eigenvalue weighted by Gasteiger charge is -2.51. The minimum absolute atomic E-state index is 0.0982. The molecule has 0 saturated carbocycles. The number of benzene rings is 1. The van der Waals surface area contributed by atoms with Crippen LogP contribution in [0.15, 0.2) is 12.1 Å². The van der Waals surface area contributed by atoms with Crippen LogP contribution < -0.4 is 4.74 Å². The lowest BCUT2D eigenvalue weighted by molar-refractivity contribution is -0.0885. The molecule has 2 aliphatic rings. The molecule has 0 aromatic heterocycles. The summed E-state index contributed by atoms with van der Waals surface area (Å²) in [5.41, 5.74) is 2.18. The van der Waals surface area contributed by atoms with E-state index < -0.39 is 12.3 Å². The van der Waals surface area contributed by atoms with Crippen molar-refractivity contribution in [2.24, 2.45) is 11.8 Å². The van der Waals surface area contributed by atoms with Gasteiger partial charge in [0.15, 0.2) is 0 Å². The molecule has 0 unspecified atom stereocenters. The Hall–Kier alpha value is -0.880. The Kier molecular flexibility index (Phi) is 7.24. The quantitative estimate of drug-likeness (QED) is 0.502. The summed E-state index contributed by atoms with van der Waals surface area (Å²) >= 11 is 6.25. The van der Waals surface area contributed by atoms with Crippen LogP contribution in [0.5, 0.6) is 5.75 Å². The van der Waals surface area contributed by atoms with Gasteiger partial charge in [0.1, 0.15) is 5.75 Å². The molecule has 0 aliphatic carbocycles. The van der Waals surface area contributed by atoms with Crippen molar-refractivity contribution in [2.45, 2.75) is 57.8 Å². The van der Waals surface area contributed by atoms with Gasteiger partial charge < -0.3 is 14.9 Å². The largest absolute Gasteiger partial charge is 0.493 e. The van der Waals surface area contributed by atoms with Crippen molar-refractivity contribution >= 4 is 11.6 Å². The highest BCUT2D eigenvalue weighted by Crippen LogP contribution is 2.46. The summed E-state index contributed by atoms with van der Waals surface area (Å²) in [6.07, 6.45) is 2.82. The summed E-state index contributed by atoms with van der Waals surface area (Å²) < 4.78 is 18.1. The minimum atomic E-state index is -0.878. The van der Waals surface area contributed by atoms with E-state index in [0.717, 1.165) is 37.1 Å². The zero-order chi connectivity index (χ0) is 20.3. The second-order valence-corrected chi connectivity index (χ2v) is 9.00. The Labute approximate surface area is 172 Å². The van der Waals surface area contributed by atoms with Gasteiger partial charge in [-0.1, -0.05) is 13.8 Å². The first-order valence-corrected chi connectivity index (χ1v) is 10.9. The minimum Gasteiger partial charge on any atom is -0.493 e. The van der Waals surface area contributed by atoms with E-state index in [1.54, 1.807) is 0 Å². The Morgan fingerprint density at radius 2 is 2.18 bits per heavy atom. The highest BCUT2D eigenvalue weighted by atomic mass is 35.5. The Bertz CT molecular complexity index is 671. The first kappa shape index (κ1) is 21.8. The summed E-state index contributed by atoms with van der Waals surface area (Å²) in [5, 5.41) is 21.1. The van der Waals surface area contributed by atoms with Crippen molar-refractivity contribution in [1.82, 2.24) is 4.90 Å². The number of ether oxygens (including phenoxy) is 1. The van der Waals surface area contributed by atoms with Gasteiger partial charge in [-0.05, 0) is 48.4 Å². The van der Waals surface area contributed by atoms with E-state index in [9.17, 15) is 14.6 Å². The molecule has 2 aliphatic heterocycles. The van der Waals surface area contributed by atoms with Gasteiger partial charge in [-0.3, -0.25) is 9.29 Å². The monoisotopic (exact) mass is 413 g/mol. The van der Waals surface area contributed by atoms with Crippen LogP contribution in [-0.4, -0.2) is 53.0 Å². The van der Waals surface area contributed by atoms with Crippen molar-refractivity contribution in [3.8, 4) is 5.75 Å². The van der Waals surface area contributed by atoms with Crippen LogP contribution in [0.1, 0.15) is 55.8 Å². The van der Waals surface area contributed by atoms with E-state index in [4.69, 9.17) is 16.3 Å². The summed E-state index contributed by atoms with van der Waals surface area (Å²) in [4.78, 5) is 2.46. The van der Waals surface area contributed by atoms with E-state index in [1.165, 1.54) is 5.56 Å². The van der Waals surface area contributed by atoms with Crippen LogP contribution in [0.25, 0.3) is 0 Å². The van der Waals surface area contributed by atoms with E-state index in [-0.39, 0.29) is 24.4 Å². The molecule has 1 saturated heterocycles. The predicted molar refractivity (Wildman–Crippen MR) is 110 cm³/mol. The summed E-state index contributed by atoms with van der Waals surface area (Å²) in [6, 6.07) is 4.10. The Balaban J connectivity index is 1.88. The fourth-order valence-electron chi connectivity index (χ4n) is 4.76. The fraction of sp³-hybridized carbons (Fsp3) is 0.727. The SMILES string of the molecule is CC(C)C[C@@H]1CN2CCc3cc(OCCCF)c(CO)cc3[C@H]2C[C@]1(O)CCl. The third-order valence-corrected chi connectivity index (χ3v) is 6.71. The van der Waals surface area contributed by atoms with Crippen LogP contribution in [0.3, 0.4) is 0 Å². The average molecular weight is 414 g/mol. The number of halogens is 2. The molecule has 4 nitrogen and oxygen atoms in total. The second kappa shape index (κ2) is 9.29. The van der Waals surface area contributed by atoms with Crippen molar-refractivity contribution < 1.29 is 19.3 Å². The van der Waals surface area contributed by atoms with Crippen LogP contribution in [0.2, 0.25) is 0 Å². The predicted octanol–water partition coefficient (Wildman–Crippen LogP) is 3.85. The van der Waals surface area contributed by atoms with Gasteiger partial charge in [-0.2, -0.15) is 0 Å². The summed E-state index contributed by atoms with van der Waals surface area (Å²) in [6.45, 7) is 5.92. The van der Waals surface area contributed by atoms with Gasteiger partial charge in [0.2, 0.25) is 0 Å². The highest BCUT2D eigenvalue weighted by Gasteiger charge is 2.47. The lowest BCUT2D eigenvalue weighted by atomic mass is 9.72. The van der Waals surface area contributed by atoms with Crippen LogP contribution in [0, 0.1) is 11.8 Å². The molecule has 0 amide bonds. The zero-order valence-electron chi connectivity index (χ0n) is 17.0. The van der Waals surface area contributed by atoms with Gasteiger partial charge in [-0.15, -0.1) is 11.6 Å². The van der Waals surface area contributed by atoms with Gasteiger partial charge in [0, 0.05) is 37.0 Å². The zero-order valence-corrected chi connectivity index (χ0v) is 17.7. The number of alkyl halides is 2. The van der Waals surface area contributed by atoms with Crippen molar-refractivity contribution in [3.05, 3.63) is 28.8 Å². The molecule has 2 heterocycles. The topological polar surface area (TPSA) is 52.9 Å². The molecule has 2 N–H and O–H groups in total. The molecular weight excluding hydrogens is 381 g/mol. The van der Waals surface area contributed by atoms with E-state index in [1.807, 2.05) is 12.1 Å². The molecule has 158 valence electrons. The third-order valence-electron chi connectivity index (χ3n) is 6.25. The molecule has 1 aromatic rings. The number of nitrogens with zero attached hydrogens (tertiary/aromatic N) is 1. The Morgan fingerprint density at radius 3 is 2.82 bits per heavy atom. The first-order valence-electron chi connectivity index (χ1n) is 10.4. The van der Waals surface area contributed by atoms with Crippen molar-refractivity contribution in [3.63, 3.8) is 0 Å². The first-order chi connectivity index (χ1) is 13.4. The van der Waals surface area contributed by atoms with Gasteiger partial charge >= 0.3 is 0 Å². The maximum absolute atomic E-state index is 12.4. The van der Waals surface area contributed by atoms with Gasteiger partial charge in [0.05, 0.1) is 31.4 Å². The maximum atomic E-state index is 12.4. The highest BCUT2D eigenvalue weighted by molar-refractivity contribution is 6.18. The summed E-state index contributed by atoms with van der Waals surface area (Å²) in [5.74, 6) is 1.56. The molecular formula is C22H33ClFNO3. The molecule has 28 heavy (non-hydrogen) atoms. The van der Waals surface area contributed by atoms with Crippen molar-refractivity contribution in [1.29, 1.82) is 0 Å². The molecule has 0 radical (unpaired) electrons. The number of rotatable bonds is 8. The van der Waals surface area contributed by atoms with E-state index >= 15 is 0 Å². The second-order valence-electron chi connectivity index (χ2n) is 8.74. The molecule has 6 heteroatoms. The number of hydrogen-bond acceptors (Lipinski definition) is 4. The third kappa shape index (κ3) is 4.48. The lowest BCUT2D eigenvalue weighted by Crippen LogP contribution is -2.56. The molecule has 0 bridgehead atoms. The Morgan fingerprint density at radius 1 is 1.39 bits per heavy atom. The standard InChI is InChI=1S/C22H33ClFNO3/c1-15(2)8-18-12-25-6-4-16-10-21(28-7-3-5-24)17(13-26)9-19(16)20(25)11-22(18,27)14-23/h9-10,15,18,20,26-27H,3-8,11-14H2,1-2H3/t18-,20-,22+/m1/s1. The normalized spacial score (nSPS) is 27.5. The fourth-order valence-corrected chi connectivity index (χ4v) is 5.09. The number of hydrogen-bond donors (Lipinski definition) is 2. The number of aliphatic hydroxyl groups excluding tert-OH is 1. The number of piperidine rings is 1. The average Bonchev–Trinajstić information content (AvgIpc) is 2.68. The van der Waals surface area contributed by atoms with Crippen LogP contribution in [0.4, 0.5) is 4.39 Å². The smallest absolute Gasteiger partial charge is 0.125 e. The van der Waals surface area contributed by atoms with Crippen molar-refractivity contribution in [2.75, 3.05) is 32.3 Å². The summed E-state index contributed by atoms with van der Waals surface area (Å²) in [7, 11) is 0. The maximum Gasteiger partial charge on any atom is 0.125 e. The number of aliphatic hydroxyl groups is 2. The van der Waals surface area contributed by atoms with E-state index in [2.05, 4.69) is 18.7 Å². The molecule has 3 rings (SSSR count).